The van der Waals surface area contributed by atoms with Gasteiger partial charge in [0.1, 0.15) is 12.1 Å². The van der Waals surface area contributed by atoms with Crippen LogP contribution in [0.4, 0.5) is 20.5 Å². The monoisotopic (exact) mass is 532 g/mol. The first-order valence-corrected chi connectivity index (χ1v) is 13.6. The van der Waals surface area contributed by atoms with Gasteiger partial charge < -0.3 is 19.5 Å². The van der Waals surface area contributed by atoms with Gasteiger partial charge in [-0.25, -0.2) is 23.5 Å². The molecule has 2 aliphatic carbocycles. The molecule has 2 saturated carbocycles. The molecular formula is C25H34F2N8O3. The molecule has 11 nitrogen and oxygen atoms in total. The molecule has 38 heavy (non-hydrogen) atoms. The third-order valence-electron chi connectivity index (χ3n) is 8.12. The second-order valence-corrected chi connectivity index (χ2v) is 11.2. The minimum Gasteiger partial charge on any atom is -0.373 e. The van der Waals surface area contributed by atoms with Crippen molar-refractivity contribution in [2.75, 3.05) is 43.1 Å². The zero-order valence-corrected chi connectivity index (χ0v) is 21.6. The number of hydrogen-bond acceptors (Lipinski definition) is 9. The third kappa shape index (κ3) is 5.25. The molecule has 0 unspecified atom stereocenters. The zero-order valence-electron chi connectivity index (χ0n) is 21.6. The van der Waals surface area contributed by atoms with Gasteiger partial charge in [0.15, 0.2) is 11.5 Å². The summed E-state index contributed by atoms with van der Waals surface area (Å²) in [6.07, 6.45) is 7.96. The van der Waals surface area contributed by atoms with E-state index >= 15 is 0 Å². The van der Waals surface area contributed by atoms with Crippen molar-refractivity contribution in [3.63, 3.8) is 0 Å². The van der Waals surface area contributed by atoms with Gasteiger partial charge in [0, 0.05) is 19.6 Å². The third-order valence-corrected chi connectivity index (χ3v) is 8.12. The molecule has 3 aromatic rings. The average Bonchev–Trinajstić information content (AvgIpc) is 3.39. The van der Waals surface area contributed by atoms with Crippen LogP contribution in [-0.2, 0) is 11.3 Å². The average molecular weight is 533 g/mol. The highest BCUT2D eigenvalue weighted by molar-refractivity contribution is 5.87. The number of rotatable bonds is 7. The summed E-state index contributed by atoms with van der Waals surface area (Å²) in [7, 11) is 0. The van der Waals surface area contributed by atoms with E-state index in [9.17, 15) is 13.6 Å². The zero-order chi connectivity index (χ0) is 26.3. The van der Waals surface area contributed by atoms with Crippen LogP contribution in [0.1, 0.15) is 51.9 Å². The van der Waals surface area contributed by atoms with Gasteiger partial charge in [0.25, 0.3) is 5.92 Å². The first-order chi connectivity index (χ1) is 18.3. The standard InChI is InChI=1S/C25H34F2N8O3/c1-15-5-7-17(8-6-15)12-35-18-19(28-11-16-3-2-4-16)29-21(22-32-24(36)38-33-22)30-20(18)31-23(35)34-9-10-37-14-25(26,27)13-34/h15-17H,2-14H2,1H3,(H,28,29,30)(H,32,33,36). The van der Waals surface area contributed by atoms with Crippen molar-refractivity contribution in [1.29, 1.82) is 0 Å². The maximum absolute atomic E-state index is 14.6. The number of imidazole rings is 1. The summed E-state index contributed by atoms with van der Waals surface area (Å²) in [6.45, 7) is 3.04. The Kier molecular flexibility index (Phi) is 6.79. The Bertz CT molecular complexity index is 1330. The van der Waals surface area contributed by atoms with Crippen molar-refractivity contribution >= 4 is 22.9 Å². The molecule has 0 radical (unpaired) electrons. The van der Waals surface area contributed by atoms with Crippen LogP contribution in [0.3, 0.4) is 0 Å². The molecule has 6 rings (SSSR count). The Balaban J connectivity index is 1.46. The summed E-state index contributed by atoms with van der Waals surface area (Å²) in [4.78, 5) is 29.8. The van der Waals surface area contributed by atoms with Crippen LogP contribution in [0.2, 0.25) is 0 Å². The molecule has 1 aliphatic heterocycles. The second kappa shape index (κ2) is 10.2. The van der Waals surface area contributed by atoms with E-state index in [4.69, 9.17) is 14.7 Å². The molecule has 0 bridgehead atoms. The highest BCUT2D eigenvalue weighted by atomic mass is 19.3. The Morgan fingerprint density at radius 1 is 1.11 bits per heavy atom. The molecule has 3 fully saturated rings. The summed E-state index contributed by atoms with van der Waals surface area (Å²) in [5.74, 6) is -0.814. The van der Waals surface area contributed by atoms with Crippen molar-refractivity contribution < 1.29 is 18.0 Å². The SMILES string of the molecule is CC1CCC(Cn2c(N3CCOCC(F)(F)C3)nc3nc(-c4noc(=O)[nH]4)nc(NCC4CCC4)c32)CC1. The van der Waals surface area contributed by atoms with Crippen molar-refractivity contribution in [2.24, 2.45) is 17.8 Å². The second-order valence-electron chi connectivity index (χ2n) is 11.2. The summed E-state index contributed by atoms with van der Waals surface area (Å²) in [6, 6.07) is 0. The molecule has 2 N–H and O–H groups in total. The number of fused-ring (bicyclic) bond motifs is 1. The highest BCUT2D eigenvalue weighted by Gasteiger charge is 2.37. The van der Waals surface area contributed by atoms with Gasteiger partial charge in [-0.05, 0) is 43.4 Å². The first kappa shape index (κ1) is 25.2. The normalized spacial score (nSPS) is 24.3. The molecule has 13 heteroatoms. The van der Waals surface area contributed by atoms with E-state index in [-0.39, 0.29) is 18.3 Å². The molecule has 0 atom stereocenters. The number of nitrogens with zero attached hydrogens (tertiary/aromatic N) is 6. The maximum Gasteiger partial charge on any atom is 0.439 e. The van der Waals surface area contributed by atoms with Crippen LogP contribution in [0.15, 0.2) is 9.32 Å². The summed E-state index contributed by atoms with van der Waals surface area (Å²) in [5, 5.41) is 7.23. The molecule has 3 aromatic heterocycles. The molecule has 0 aromatic carbocycles. The maximum atomic E-state index is 14.6. The fourth-order valence-electron chi connectivity index (χ4n) is 5.67. The lowest BCUT2D eigenvalue weighted by atomic mass is 9.83. The molecule has 1 saturated heterocycles. The fraction of sp³-hybridized carbons (Fsp3) is 0.720. The van der Waals surface area contributed by atoms with Crippen LogP contribution < -0.4 is 16.0 Å². The van der Waals surface area contributed by atoms with Crippen LogP contribution >= 0.6 is 0 Å². The minimum atomic E-state index is -3.00. The van der Waals surface area contributed by atoms with E-state index in [1.165, 1.54) is 6.42 Å². The quantitative estimate of drug-likeness (QED) is 0.468. The Labute approximate surface area is 218 Å². The van der Waals surface area contributed by atoms with Gasteiger partial charge in [-0.3, -0.25) is 9.51 Å². The lowest BCUT2D eigenvalue weighted by molar-refractivity contribution is -0.0564. The van der Waals surface area contributed by atoms with Gasteiger partial charge in [-0.15, -0.1) is 0 Å². The van der Waals surface area contributed by atoms with E-state index < -0.39 is 24.8 Å². The van der Waals surface area contributed by atoms with Gasteiger partial charge in [0.05, 0.1) is 13.2 Å². The van der Waals surface area contributed by atoms with Crippen LogP contribution in [0.25, 0.3) is 22.8 Å². The van der Waals surface area contributed by atoms with E-state index in [1.807, 2.05) is 4.57 Å². The fourth-order valence-corrected chi connectivity index (χ4v) is 5.67. The number of halogens is 2. The predicted molar refractivity (Wildman–Crippen MR) is 136 cm³/mol. The Hall–Kier alpha value is -3.09. The number of alkyl halides is 2. The first-order valence-electron chi connectivity index (χ1n) is 13.6. The van der Waals surface area contributed by atoms with Crippen molar-refractivity contribution in [3.8, 4) is 11.6 Å². The topological polar surface area (TPSA) is 127 Å². The smallest absolute Gasteiger partial charge is 0.373 e. The summed E-state index contributed by atoms with van der Waals surface area (Å²) < 4.78 is 41.1. The minimum absolute atomic E-state index is 0.0932. The largest absolute Gasteiger partial charge is 0.439 e. The number of nitrogens with one attached hydrogen (secondary N) is 2. The number of aromatic amines is 1. The van der Waals surface area contributed by atoms with Gasteiger partial charge in [-0.1, -0.05) is 31.3 Å². The summed E-state index contributed by atoms with van der Waals surface area (Å²) in [5.41, 5.74) is 1.05. The number of anilines is 2. The van der Waals surface area contributed by atoms with E-state index in [0.717, 1.165) is 45.1 Å². The predicted octanol–water partition coefficient (Wildman–Crippen LogP) is 3.68. The van der Waals surface area contributed by atoms with Crippen LogP contribution in [0, 0.1) is 17.8 Å². The molecule has 206 valence electrons. The van der Waals surface area contributed by atoms with Crippen LogP contribution in [0.5, 0.6) is 0 Å². The molecule has 3 aliphatic rings. The molecule has 0 spiro atoms. The van der Waals surface area contributed by atoms with E-state index in [0.29, 0.717) is 53.8 Å². The lowest BCUT2D eigenvalue weighted by Crippen LogP contribution is -2.39. The van der Waals surface area contributed by atoms with Crippen LogP contribution in [-0.4, -0.2) is 68.4 Å². The highest BCUT2D eigenvalue weighted by Crippen LogP contribution is 2.36. The van der Waals surface area contributed by atoms with Gasteiger partial charge >= 0.3 is 5.76 Å². The van der Waals surface area contributed by atoms with E-state index in [2.05, 4.69) is 31.9 Å². The Morgan fingerprint density at radius 2 is 1.92 bits per heavy atom. The van der Waals surface area contributed by atoms with Gasteiger partial charge in [0.2, 0.25) is 17.6 Å². The number of aromatic nitrogens is 6. The molecule has 0 amide bonds. The van der Waals surface area contributed by atoms with Crippen molar-refractivity contribution in [2.45, 2.75) is 64.3 Å². The molecule has 4 heterocycles. The lowest BCUT2D eigenvalue weighted by Gasteiger charge is -2.30. The number of H-pyrrole nitrogens is 1. The van der Waals surface area contributed by atoms with Crippen molar-refractivity contribution in [1.82, 2.24) is 29.7 Å². The van der Waals surface area contributed by atoms with Gasteiger partial charge in [-0.2, -0.15) is 4.98 Å². The molecular weight excluding hydrogens is 498 g/mol. The van der Waals surface area contributed by atoms with E-state index in [1.54, 1.807) is 4.90 Å². The Morgan fingerprint density at radius 3 is 2.63 bits per heavy atom. The summed E-state index contributed by atoms with van der Waals surface area (Å²) >= 11 is 0. The number of hydrogen-bond donors (Lipinski definition) is 2. The van der Waals surface area contributed by atoms with Crippen molar-refractivity contribution in [3.05, 3.63) is 10.6 Å². The number of ether oxygens (including phenoxy) is 1.